The van der Waals surface area contributed by atoms with Gasteiger partial charge in [0.25, 0.3) is 0 Å². The summed E-state index contributed by atoms with van der Waals surface area (Å²) in [4.78, 5) is 57.9. The van der Waals surface area contributed by atoms with Gasteiger partial charge in [0.1, 0.15) is 18.1 Å². The van der Waals surface area contributed by atoms with Crippen molar-refractivity contribution in [3.8, 4) is 0 Å². The predicted molar refractivity (Wildman–Crippen MR) is 148 cm³/mol. The summed E-state index contributed by atoms with van der Waals surface area (Å²) in [6.45, 7) is 0.763. The Morgan fingerprint density at radius 1 is 0.711 bits per heavy atom. The molecule has 0 saturated carbocycles. The van der Waals surface area contributed by atoms with Gasteiger partial charge >= 0.3 is 5.97 Å². The van der Waals surface area contributed by atoms with E-state index in [-0.39, 0.29) is 50.0 Å². The summed E-state index contributed by atoms with van der Waals surface area (Å²) in [5.41, 5.74) is 32.5. The van der Waals surface area contributed by atoms with Crippen LogP contribution in [0.3, 0.4) is 0 Å². The number of carboxylic acid groups (broad SMARTS) is 1. The Morgan fingerprint density at radius 3 is 1.53 bits per heavy atom. The van der Waals surface area contributed by atoms with Crippen molar-refractivity contribution < 1.29 is 24.3 Å². The van der Waals surface area contributed by atoms with Crippen molar-refractivity contribution >= 4 is 48.2 Å². The minimum atomic E-state index is -1.22. The molecule has 17 heteroatoms. The Balaban J connectivity index is 5.65. The number of nitrogens with one attached hydrogen (secondary N) is 3. The number of carbonyl (C=O) groups is 4. The van der Waals surface area contributed by atoms with Crippen LogP contribution in [-0.2, 0) is 19.2 Å². The molecule has 0 aromatic heterocycles. The van der Waals surface area contributed by atoms with Gasteiger partial charge in [-0.3, -0.25) is 24.4 Å². The third kappa shape index (κ3) is 15.7. The number of nitrogens with two attached hydrogens (primary N) is 6. The maximum atomic E-state index is 13.2. The molecular formula is C21H43N11O5S. The largest absolute Gasteiger partial charge is 0.480 e. The van der Waals surface area contributed by atoms with Crippen LogP contribution in [0.5, 0.6) is 0 Å². The molecule has 4 unspecified atom stereocenters. The Kier molecular flexibility index (Phi) is 18.0. The number of aliphatic carboxylic acids is 1. The van der Waals surface area contributed by atoms with E-state index in [2.05, 4.69) is 38.6 Å². The lowest BCUT2D eigenvalue weighted by Crippen LogP contribution is -2.57. The van der Waals surface area contributed by atoms with E-state index in [1.807, 2.05) is 0 Å². The number of aliphatic imine (C=N–C) groups is 2. The van der Waals surface area contributed by atoms with Crippen LogP contribution in [0, 0.1) is 0 Å². The van der Waals surface area contributed by atoms with Crippen molar-refractivity contribution in [1.82, 2.24) is 16.0 Å². The fourth-order valence-corrected chi connectivity index (χ4v) is 3.37. The monoisotopic (exact) mass is 561 g/mol. The summed E-state index contributed by atoms with van der Waals surface area (Å²) in [5.74, 6) is -3.42. The number of unbranched alkanes of at least 4 members (excludes halogenated alkanes) is 1. The van der Waals surface area contributed by atoms with Crippen LogP contribution in [0.2, 0.25) is 0 Å². The van der Waals surface area contributed by atoms with Gasteiger partial charge in [-0.2, -0.15) is 12.6 Å². The predicted octanol–water partition coefficient (Wildman–Crippen LogP) is -3.98. The second-order valence-corrected chi connectivity index (χ2v) is 8.86. The number of thiol groups is 1. The molecule has 4 atom stereocenters. The van der Waals surface area contributed by atoms with Crippen molar-refractivity contribution in [3.05, 3.63) is 0 Å². The molecule has 0 saturated heterocycles. The average Bonchev–Trinajstić information content (AvgIpc) is 2.85. The van der Waals surface area contributed by atoms with Crippen LogP contribution in [0.1, 0.15) is 44.9 Å². The van der Waals surface area contributed by atoms with Crippen molar-refractivity contribution in [2.45, 2.75) is 69.1 Å². The lowest BCUT2D eigenvalue weighted by atomic mass is 10.1. The first-order valence-corrected chi connectivity index (χ1v) is 12.9. The van der Waals surface area contributed by atoms with E-state index in [1.54, 1.807) is 0 Å². The molecule has 0 heterocycles. The first kappa shape index (κ1) is 34.7. The zero-order valence-electron chi connectivity index (χ0n) is 21.5. The van der Waals surface area contributed by atoms with Crippen molar-refractivity contribution in [2.75, 3.05) is 25.4 Å². The van der Waals surface area contributed by atoms with Gasteiger partial charge in [-0.15, -0.1) is 0 Å². The molecule has 0 aromatic rings. The average molecular weight is 562 g/mol. The summed E-state index contributed by atoms with van der Waals surface area (Å²) in [7, 11) is 0. The minimum absolute atomic E-state index is 0.0464. The molecule has 0 aliphatic rings. The zero-order valence-corrected chi connectivity index (χ0v) is 22.4. The topological polar surface area (TPSA) is 305 Å². The smallest absolute Gasteiger partial charge is 0.326 e. The van der Waals surface area contributed by atoms with Crippen LogP contribution in [-0.4, -0.2) is 90.3 Å². The lowest BCUT2D eigenvalue weighted by Gasteiger charge is -2.25. The number of rotatable bonds is 20. The highest BCUT2D eigenvalue weighted by Gasteiger charge is 2.29. The number of carbonyl (C=O) groups excluding carboxylic acids is 3. The fraction of sp³-hybridized carbons (Fsp3) is 0.714. The Labute approximate surface area is 227 Å². The van der Waals surface area contributed by atoms with Gasteiger partial charge < -0.3 is 55.5 Å². The van der Waals surface area contributed by atoms with Crippen molar-refractivity contribution in [2.24, 2.45) is 44.4 Å². The quantitative estimate of drug-likeness (QED) is 0.0294. The molecule has 0 rings (SSSR count). The van der Waals surface area contributed by atoms with Crippen molar-refractivity contribution in [1.29, 1.82) is 0 Å². The summed E-state index contributed by atoms with van der Waals surface area (Å²) in [6, 6.07) is -4.34. The highest BCUT2D eigenvalue weighted by Crippen LogP contribution is 2.07. The highest BCUT2D eigenvalue weighted by atomic mass is 32.1. The van der Waals surface area contributed by atoms with Gasteiger partial charge in [0.15, 0.2) is 11.9 Å². The van der Waals surface area contributed by atoms with Gasteiger partial charge in [0.2, 0.25) is 17.7 Å². The highest BCUT2D eigenvalue weighted by molar-refractivity contribution is 7.80. The normalized spacial score (nSPS) is 13.8. The van der Waals surface area contributed by atoms with Gasteiger partial charge in [-0.05, 0) is 51.5 Å². The van der Waals surface area contributed by atoms with Gasteiger partial charge in [0.05, 0.1) is 6.04 Å². The Hall–Kier alpha value is -3.31. The zero-order chi connectivity index (χ0) is 29.1. The third-order valence-corrected chi connectivity index (χ3v) is 5.64. The Morgan fingerprint density at radius 2 is 1.13 bits per heavy atom. The van der Waals surface area contributed by atoms with Gasteiger partial charge in [-0.25, -0.2) is 4.79 Å². The van der Waals surface area contributed by atoms with E-state index in [0.717, 1.165) is 0 Å². The van der Waals surface area contributed by atoms with Crippen LogP contribution >= 0.6 is 12.6 Å². The molecule has 3 amide bonds. The summed E-state index contributed by atoms with van der Waals surface area (Å²) < 4.78 is 0. The number of guanidine groups is 2. The maximum absolute atomic E-state index is 13.2. The first-order chi connectivity index (χ1) is 17.9. The molecule has 218 valence electrons. The molecule has 0 bridgehead atoms. The number of hydrogen-bond donors (Lipinski definition) is 11. The van der Waals surface area contributed by atoms with E-state index < -0.39 is 47.9 Å². The molecule has 0 fully saturated rings. The summed E-state index contributed by atoms with van der Waals surface area (Å²) in [5, 5.41) is 17.1. The van der Waals surface area contributed by atoms with Gasteiger partial charge in [0, 0.05) is 18.8 Å². The molecule has 0 aliphatic carbocycles. The molecule has 16 N–H and O–H groups in total. The molecule has 0 spiro atoms. The van der Waals surface area contributed by atoms with E-state index in [0.29, 0.717) is 32.2 Å². The minimum Gasteiger partial charge on any atom is -0.480 e. The number of amides is 3. The fourth-order valence-electron chi connectivity index (χ4n) is 3.20. The van der Waals surface area contributed by atoms with E-state index in [9.17, 15) is 24.3 Å². The van der Waals surface area contributed by atoms with Crippen LogP contribution in [0.15, 0.2) is 9.98 Å². The van der Waals surface area contributed by atoms with Crippen LogP contribution < -0.4 is 50.4 Å². The second-order valence-electron chi connectivity index (χ2n) is 8.49. The van der Waals surface area contributed by atoms with Crippen LogP contribution in [0.25, 0.3) is 0 Å². The Bertz CT molecular complexity index is 819. The number of hydrogen-bond acceptors (Lipinski definition) is 9. The van der Waals surface area contributed by atoms with E-state index in [4.69, 9.17) is 34.4 Å². The van der Waals surface area contributed by atoms with Gasteiger partial charge in [-0.1, -0.05) is 0 Å². The summed E-state index contributed by atoms with van der Waals surface area (Å²) >= 11 is 3.99. The molecule has 16 nitrogen and oxygen atoms in total. The maximum Gasteiger partial charge on any atom is 0.326 e. The van der Waals surface area contributed by atoms with E-state index >= 15 is 0 Å². The summed E-state index contributed by atoms with van der Waals surface area (Å²) in [6.07, 6.45) is 2.10. The number of nitrogens with zero attached hydrogens (tertiary/aromatic N) is 2. The molecule has 0 aromatic carbocycles. The standard InChI is InChI=1S/C21H43N11O5S/c22-8-2-1-5-15(19(36)37)32-18(35)14(7-4-10-29-21(26)27)31-17(34)13(6-3-9-28-20(24)25)30-16(33)12(23)11-38/h12-15,38H,1-11,22-23H2,(H,30,33)(H,31,34)(H,32,35)(H,36,37)(H4,24,25,28)(H4,26,27,29). The first-order valence-electron chi connectivity index (χ1n) is 12.2. The second kappa shape index (κ2) is 19.8. The SMILES string of the molecule is NCCCCC(NC(=O)C(CCCN=C(N)N)NC(=O)C(CCCN=C(N)N)NC(=O)C(N)CS)C(=O)O. The molecule has 0 aliphatic heterocycles. The number of carboxylic acids is 1. The molecule has 0 radical (unpaired) electrons. The van der Waals surface area contributed by atoms with E-state index in [1.165, 1.54) is 0 Å². The van der Waals surface area contributed by atoms with Crippen LogP contribution in [0.4, 0.5) is 0 Å². The van der Waals surface area contributed by atoms with Crippen molar-refractivity contribution in [3.63, 3.8) is 0 Å². The lowest BCUT2D eigenvalue weighted by molar-refractivity contribution is -0.142. The molecule has 38 heavy (non-hydrogen) atoms. The molecular weight excluding hydrogens is 518 g/mol. The third-order valence-electron chi connectivity index (χ3n) is 5.25.